The van der Waals surface area contributed by atoms with Crippen LogP contribution >= 0.6 is 0 Å². The Bertz CT molecular complexity index is 1010. The van der Waals surface area contributed by atoms with Crippen molar-refractivity contribution in [1.82, 2.24) is 10.2 Å². The first kappa shape index (κ1) is 20.1. The summed E-state index contributed by atoms with van der Waals surface area (Å²) in [6, 6.07) is 20.3. The molecule has 4 rings (SSSR count). The molecule has 0 saturated carbocycles. The van der Waals surface area contributed by atoms with E-state index in [9.17, 15) is 4.79 Å². The van der Waals surface area contributed by atoms with Crippen molar-refractivity contribution >= 4 is 17.4 Å². The first-order chi connectivity index (χ1) is 14.7. The third-order valence-corrected chi connectivity index (χ3v) is 5.92. The standard InChI is InChI=1S/C25H28N4O/c1-3-19-9-5-7-11-22(19)26-25(30)20-14-16-29(17-15-20)24-13-12-23(27-28-24)21-10-6-4-8-18(21)2/h4-13,20H,3,14-17H2,1-2H3,(H,26,30). The van der Waals surface area contributed by atoms with Gasteiger partial charge < -0.3 is 10.2 Å². The van der Waals surface area contributed by atoms with Gasteiger partial charge in [-0.05, 0) is 55.5 Å². The number of nitrogens with zero attached hydrogens (tertiary/aromatic N) is 3. The minimum absolute atomic E-state index is 0.0327. The number of aromatic nitrogens is 2. The number of hydrogen-bond acceptors (Lipinski definition) is 4. The van der Waals surface area contributed by atoms with E-state index >= 15 is 0 Å². The molecular weight excluding hydrogens is 372 g/mol. The van der Waals surface area contributed by atoms with Crippen molar-refractivity contribution in [3.05, 3.63) is 71.8 Å². The van der Waals surface area contributed by atoms with Gasteiger partial charge in [0, 0.05) is 30.3 Å². The zero-order valence-electron chi connectivity index (χ0n) is 17.6. The summed E-state index contributed by atoms with van der Waals surface area (Å²) in [5.74, 6) is 1.03. The number of para-hydroxylation sites is 1. The Labute approximate surface area is 178 Å². The fraction of sp³-hybridized carbons (Fsp3) is 0.320. The Balaban J connectivity index is 1.36. The molecule has 1 aromatic heterocycles. The summed E-state index contributed by atoms with van der Waals surface area (Å²) in [6.07, 6.45) is 2.55. The number of anilines is 2. The molecule has 0 atom stereocenters. The molecule has 5 nitrogen and oxygen atoms in total. The molecule has 1 aliphatic rings. The number of benzene rings is 2. The average Bonchev–Trinajstić information content (AvgIpc) is 2.80. The van der Waals surface area contributed by atoms with Crippen LogP contribution in [-0.4, -0.2) is 29.2 Å². The molecule has 30 heavy (non-hydrogen) atoms. The van der Waals surface area contributed by atoms with Crippen molar-refractivity contribution in [2.45, 2.75) is 33.1 Å². The maximum atomic E-state index is 12.8. The maximum Gasteiger partial charge on any atom is 0.227 e. The minimum atomic E-state index is 0.0327. The molecular formula is C25H28N4O. The molecule has 1 aliphatic heterocycles. The van der Waals surface area contributed by atoms with Crippen molar-refractivity contribution in [3.8, 4) is 11.3 Å². The van der Waals surface area contributed by atoms with Crippen LogP contribution in [0.25, 0.3) is 11.3 Å². The molecule has 1 fully saturated rings. The summed E-state index contributed by atoms with van der Waals surface area (Å²) < 4.78 is 0. The fourth-order valence-electron chi connectivity index (χ4n) is 4.05. The smallest absolute Gasteiger partial charge is 0.227 e. The topological polar surface area (TPSA) is 58.1 Å². The molecule has 0 radical (unpaired) electrons. The van der Waals surface area contributed by atoms with Gasteiger partial charge in [-0.3, -0.25) is 4.79 Å². The molecule has 0 aliphatic carbocycles. The number of aryl methyl sites for hydroxylation is 2. The van der Waals surface area contributed by atoms with E-state index in [1.54, 1.807) is 0 Å². The second kappa shape index (κ2) is 9.08. The molecule has 1 amide bonds. The molecule has 154 valence electrons. The second-order valence-corrected chi connectivity index (χ2v) is 7.85. The van der Waals surface area contributed by atoms with Crippen LogP contribution in [-0.2, 0) is 11.2 Å². The summed E-state index contributed by atoms with van der Waals surface area (Å²) in [5.41, 5.74) is 5.30. The summed E-state index contributed by atoms with van der Waals surface area (Å²) >= 11 is 0. The zero-order chi connectivity index (χ0) is 20.9. The van der Waals surface area contributed by atoms with Gasteiger partial charge in [0.05, 0.1) is 5.69 Å². The lowest BCUT2D eigenvalue weighted by molar-refractivity contribution is -0.120. The van der Waals surface area contributed by atoms with E-state index in [-0.39, 0.29) is 11.8 Å². The van der Waals surface area contributed by atoms with E-state index in [1.807, 2.05) is 42.5 Å². The summed E-state index contributed by atoms with van der Waals surface area (Å²) in [5, 5.41) is 12.0. The van der Waals surface area contributed by atoms with E-state index in [0.29, 0.717) is 0 Å². The predicted molar refractivity (Wildman–Crippen MR) is 122 cm³/mol. The van der Waals surface area contributed by atoms with Gasteiger partial charge in [0.25, 0.3) is 0 Å². The van der Waals surface area contributed by atoms with Gasteiger partial charge in [0.15, 0.2) is 5.82 Å². The van der Waals surface area contributed by atoms with E-state index in [0.717, 1.165) is 55.1 Å². The van der Waals surface area contributed by atoms with Gasteiger partial charge in [-0.1, -0.05) is 49.4 Å². The van der Waals surface area contributed by atoms with Crippen molar-refractivity contribution in [3.63, 3.8) is 0 Å². The van der Waals surface area contributed by atoms with Crippen molar-refractivity contribution in [2.75, 3.05) is 23.3 Å². The van der Waals surface area contributed by atoms with Gasteiger partial charge in [-0.25, -0.2) is 0 Å². The number of piperidine rings is 1. The highest BCUT2D eigenvalue weighted by Gasteiger charge is 2.26. The zero-order valence-corrected chi connectivity index (χ0v) is 17.6. The Morgan fingerprint density at radius 3 is 2.43 bits per heavy atom. The van der Waals surface area contributed by atoms with Crippen molar-refractivity contribution in [2.24, 2.45) is 5.92 Å². The van der Waals surface area contributed by atoms with Crippen LogP contribution in [0, 0.1) is 12.8 Å². The lowest BCUT2D eigenvalue weighted by Crippen LogP contribution is -2.38. The SMILES string of the molecule is CCc1ccccc1NC(=O)C1CCN(c2ccc(-c3ccccc3C)nn2)CC1. The van der Waals surface area contributed by atoms with Crippen LogP contribution in [0.15, 0.2) is 60.7 Å². The maximum absolute atomic E-state index is 12.8. The van der Waals surface area contributed by atoms with Crippen LogP contribution < -0.4 is 10.2 Å². The van der Waals surface area contributed by atoms with Crippen molar-refractivity contribution < 1.29 is 4.79 Å². The number of nitrogens with one attached hydrogen (secondary N) is 1. The third-order valence-electron chi connectivity index (χ3n) is 5.92. The first-order valence-electron chi connectivity index (χ1n) is 10.7. The number of amides is 1. The Kier molecular flexibility index (Phi) is 6.07. The van der Waals surface area contributed by atoms with Gasteiger partial charge in [-0.15, -0.1) is 10.2 Å². The second-order valence-electron chi connectivity index (χ2n) is 7.85. The lowest BCUT2D eigenvalue weighted by Gasteiger charge is -2.32. The van der Waals surface area contributed by atoms with Gasteiger partial charge >= 0.3 is 0 Å². The predicted octanol–water partition coefficient (Wildman–Crippen LogP) is 4.87. The van der Waals surface area contributed by atoms with E-state index < -0.39 is 0 Å². The normalized spacial score (nSPS) is 14.5. The minimum Gasteiger partial charge on any atom is -0.355 e. The number of carbonyl (C=O) groups excluding carboxylic acids is 1. The summed E-state index contributed by atoms with van der Waals surface area (Å²) in [4.78, 5) is 15.0. The summed E-state index contributed by atoms with van der Waals surface area (Å²) in [7, 11) is 0. The largest absolute Gasteiger partial charge is 0.355 e. The van der Waals surface area contributed by atoms with Crippen molar-refractivity contribution in [1.29, 1.82) is 0 Å². The van der Waals surface area contributed by atoms with Crippen LogP contribution in [0.1, 0.15) is 30.9 Å². The highest BCUT2D eigenvalue weighted by atomic mass is 16.1. The Hall–Kier alpha value is -3.21. The fourth-order valence-corrected chi connectivity index (χ4v) is 4.05. The van der Waals surface area contributed by atoms with Gasteiger partial charge in [0.2, 0.25) is 5.91 Å². The summed E-state index contributed by atoms with van der Waals surface area (Å²) in [6.45, 7) is 5.81. The average molecular weight is 401 g/mol. The quantitative estimate of drug-likeness (QED) is 0.664. The first-order valence-corrected chi connectivity index (χ1v) is 10.7. The Morgan fingerprint density at radius 1 is 1.00 bits per heavy atom. The highest BCUT2D eigenvalue weighted by Crippen LogP contribution is 2.26. The van der Waals surface area contributed by atoms with Gasteiger partial charge in [0.1, 0.15) is 0 Å². The molecule has 0 unspecified atom stereocenters. The van der Waals surface area contributed by atoms with Crippen LogP contribution in [0.4, 0.5) is 11.5 Å². The monoisotopic (exact) mass is 400 g/mol. The van der Waals surface area contributed by atoms with Gasteiger partial charge in [-0.2, -0.15) is 0 Å². The molecule has 2 aromatic carbocycles. The van der Waals surface area contributed by atoms with E-state index in [2.05, 4.69) is 52.5 Å². The molecule has 3 aromatic rings. The number of rotatable bonds is 5. The van der Waals surface area contributed by atoms with E-state index in [4.69, 9.17) is 0 Å². The Morgan fingerprint density at radius 2 is 1.73 bits per heavy atom. The molecule has 1 N–H and O–H groups in total. The molecule has 5 heteroatoms. The van der Waals surface area contributed by atoms with Crippen LogP contribution in [0.2, 0.25) is 0 Å². The lowest BCUT2D eigenvalue weighted by atomic mass is 9.95. The van der Waals surface area contributed by atoms with Crippen LogP contribution in [0.3, 0.4) is 0 Å². The molecule has 0 bridgehead atoms. The molecule has 2 heterocycles. The third kappa shape index (κ3) is 4.35. The molecule has 1 saturated heterocycles. The highest BCUT2D eigenvalue weighted by molar-refractivity contribution is 5.93. The van der Waals surface area contributed by atoms with E-state index in [1.165, 1.54) is 11.1 Å². The number of hydrogen-bond donors (Lipinski definition) is 1. The molecule has 0 spiro atoms. The number of carbonyl (C=O) groups is 1. The van der Waals surface area contributed by atoms with Crippen LogP contribution in [0.5, 0.6) is 0 Å².